The lowest BCUT2D eigenvalue weighted by Gasteiger charge is -2.06. The van der Waals surface area contributed by atoms with Gasteiger partial charge in [0.2, 0.25) is 0 Å². The van der Waals surface area contributed by atoms with Gasteiger partial charge in [0.05, 0.1) is 13.2 Å². The van der Waals surface area contributed by atoms with Crippen molar-refractivity contribution in [3.63, 3.8) is 0 Å². The van der Waals surface area contributed by atoms with E-state index in [1.165, 1.54) is 12.5 Å². The van der Waals surface area contributed by atoms with Crippen LogP contribution in [0.5, 0.6) is 0 Å². The normalized spacial score (nSPS) is 12.4. The molecule has 0 unspecified atom stereocenters. The fourth-order valence-corrected chi connectivity index (χ4v) is 1.93. The smallest absolute Gasteiger partial charge is 0.126 e. The minimum Gasteiger partial charge on any atom is -0.509 e. The van der Waals surface area contributed by atoms with Crippen molar-refractivity contribution in [3.8, 4) is 0 Å². The van der Waals surface area contributed by atoms with Crippen LogP contribution in [0.25, 0.3) is 0 Å². The lowest BCUT2D eigenvalue weighted by atomic mass is 10.2. The zero-order chi connectivity index (χ0) is 19.3. The molecule has 0 aromatic carbocycles. The number of aliphatic hydroxyl groups is 2. The molecule has 0 aliphatic carbocycles. The second kappa shape index (κ2) is 19.9. The first-order valence-corrected chi connectivity index (χ1v) is 9.85. The molecule has 0 atom stereocenters. The van der Waals surface area contributed by atoms with Gasteiger partial charge >= 0.3 is 0 Å². The van der Waals surface area contributed by atoms with Crippen molar-refractivity contribution < 1.29 is 29.2 Å². The molecule has 0 saturated carbocycles. The van der Waals surface area contributed by atoms with Crippen LogP contribution in [0.4, 0.5) is 0 Å². The molecule has 0 heterocycles. The molecule has 2 N–H and O–H groups in total. The summed E-state index contributed by atoms with van der Waals surface area (Å²) in [7, 11) is 0. The SMILES string of the molecule is CCC(O)=COCCCOCCCCCCOCCCOC=C(O)CC. The molecule has 0 aromatic rings. The topological polar surface area (TPSA) is 77.4 Å². The van der Waals surface area contributed by atoms with Gasteiger partial charge in [-0.2, -0.15) is 0 Å². The highest BCUT2D eigenvalue weighted by molar-refractivity contribution is 4.82. The van der Waals surface area contributed by atoms with E-state index in [9.17, 15) is 10.2 Å². The van der Waals surface area contributed by atoms with Gasteiger partial charge in [-0.3, -0.25) is 0 Å². The lowest BCUT2D eigenvalue weighted by molar-refractivity contribution is 0.100. The molecule has 0 aliphatic heterocycles. The summed E-state index contributed by atoms with van der Waals surface area (Å²) in [6.45, 7) is 7.84. The van der Waals surface area contributed by atoms with Crippen molar-refractivity contribution in [3.05, 3.63) is 24.0 Å². The van der Waals surface area contributed by atoms with E-state index in [4.69, 9.17) is 18.9 Å². The van der Waals surface area contributed by atoms with Crippen molar-refractivity contribution in [2.75, 3.05) is 39.6 Å². The highest BCUT2D eigenvalue weighted by Crippen LogP contribution is 2.02. The summed E-state index contributed by atoms with van der Waals surface area (Å²) >= 11 is 0. The van der Waals surface area contributed by atoms with Gasteiger partial charge in [0.25, 0.3) is 0 Å². The maximum atomic E-state index is 9.19. The van der Waals surface area contributed by atoms with Gasteiger partial charge in [0.1, 0.15) is 24.0 Å². The first-order chi connectivity index (χ1) is 12.7. The zero-order valence-corrected chi connectivity index (χ0v) is 16.6. The molecule has 0 aromatic heterocycles. The van der Waals surface area contributed by atoms with Gasteiger partial charge in [-0.05, 0) is 12.8 Å². The molecule has 6 heteroatoms. The van der Waals surface area contributed by atoms with E-state index in [1.807, 2.05) is 13.8 Å². The first-order valence-electron chi connectivity index (χ1n) is 9.85. The van der Waals surface area contributed by atoms with Crippen LogP contribution in [-0.4, -0.2) is 49.9 Å². The number of hydrogen-bond acceptors (Lipinski definition) is 6. The van der Waals surface area contributed by atoms with Gasteiger partial charge in [-0.1, -0.05) is 26.7 Å². The largest absolute Gasteiger partial charge is 0.509 e. The Hall–Kier alpha value is -1.40. The third-order valence-corrected chi connectivity index (χ3v) is 3.59. The molecular weight excluding hydrogens is 336 g/mol. The van der Waals surface area contributed by atoms with E-state index in [-0.39, 0.29) is 11.5 Å². The van der Waals surface area contributed by atoms with E-state index in [0.29, 0.717) is 39.3 Å². The van der Waals surface area contributed by atoms with Crippen LogP contribution < -0.4 is 0 Å². The van der Waals surface area contributed by atoms with Crippen LogP contribution in [0, 0.1) is 0 Å². The number of hydrogen-bond donors (Lipinski definition) is 2. The summed E-state index contributed by atoms with van der Waals surface area (Å²) in [4.78, 5) is 0. The summed E-state index contributed by atoms with van der Waals surface area (Å²) in [5, 5.41) is 18.4. The third kappa shape index (κ3) is 18.9. The van der Waals surface area contributed by atoms with Crippen molar-refractivity contribution >= 4 is 0 Å². The molecule has 6 nitrogen and oxygen atoms in total. The van der Waals surface area contributed by atoms with Gasteiger partial charge in [-0.15, -0.1) is 0 Å². The quantitative estimate of drug-likeness (QED) is 0.244. The molecule has 0 spiro atoms. The van der Waals surface area contributed by atoms with Gasteiger partial charge in [-0.25, -0.2) is 0 Å². The standard InChI is InChI=1S/C20H38O6/c1-3-19(21)17-25-15-9-13-23-11-7-5-6-8-12-24-14-10-16-26-18-20(22)4-2/h17-18,21-22H,3-16H2,1-2H3. The second-order valence-electron chi connectivity index (χ2n) is 6.01. The Morgan fingerprint density at radius 2 is 0.962 bits per heavy atom. The molecule has 0 aliphatic rings. The Bertz CT molecular complexity index is 320. The third-order valence-electron chi connectivity index (χ3n) is 3.59. The highest BCUT2D eigenvalue weighted by Gasteiger charge is 1.94. The van der Waals surface area contributed by atoms with Crippen LogP contribution in [-0.2, 0) is 18.9 Å². The molecule has 0 fully saturated rings. The Kier molecular flexibility index (Phi) is 18.8. The molecule has 0 amide bonds. The molecule has 0 rings (SSSR count). The predicted molar refractivity (Wildman–Crippen MR) is 103 cm³/mol. The molecular formula is C20H38O6. The number of unbranched alkanes of at least 4 members (excludes halogenated alkanes) is 3. The maximum Gasteiger partial charge on any atom is 0.126 e. The number of aliphatic hydroxyl groups excluding tert-OH is 2. The van der Waals surface area contributed by atoms with Gasteiger partial charge < -0.3 is 29.2 Å². The average Bonchev–Trinajstić information content (AvgIpc) is 2.66. The predicted octanol–water partition coefficient (Wildman–Crippen LogP) is 5.01. The first kappa shape index (κ1) is 24.6. The van der Waals surface area contributed by atoms with Crippen LogP contribution in [0.2, 0.25) is 0 Å². The van der Waals surface area contributed by atoms with Gasteiger partial charge in [0.15, 0.2) is 0 Å². The van der Waals surface area contributed by atoms with E-state index in [2.05, 4.69) is 0 Å². The summed E-state index contributed by atoms with van der Waals surface area (Å²) in [6.07, 6.45) is 10.1. The van der Waals surface area contributed by atoms with Crippen LogP contribution >= 0.6 is 0 Å². The Balaban J connectivity index is 3.11. The van der Waals surface area contributed by atoms with E-state index >= 15 is 0 Å². The zero-order valence-electron chi connectivity index (χ0n) is 16.6. The molecule has 154 valence electrons. The fourth-order valence-electron chi connectivity index (χ4n) is 1.93. The second-order valence-corrected chi connectivity index (χ2v) is 6.01. The van der Waals surface area contributed by atoms with E-state index < -0.39 is 0 Å². The van der Waals surface area contributed by atoms with E-state index in [1.54, 1.807) is 0 Å². The number of rotatable bonds is 19. The summed E-state index contributed by atoms with van der Waals surface area (Å²) in [5.74, 6) is 0.542. The Labute approximate surface area is 158 Å². The maximum absolute atomic E-state index is 9.19. The Morgan fingerprint density at radius 1 is 0.577 bits per heavy atom. The fraction of sp³-hybridized carbons (Fsp3) is 0.800. The number of allylic oxidation sites excluding steroid dienone is 2. The van der Waals surface area contributed by atoms with Crippen LogP contribution in [0.1, 0.15) is 65.2 Å². The van der Waals surface area contributed by atoms with Crippen molar-refractivity contribution in [2.45, 2.75) is 65.2 Å². The minimum atomic E-state index is 0.271. The lowest BCUT2D eigenvalue weighted by Crippen LogP contribution is -2.02. The van der Waals surface area contributed by atoms with Crippen molar-refractivity contribution in [1.29, 1.82) is 0 Å². The van der Waals surface area contributed by atoms with Crippen molar-refractivity contribution in [2.24, 2.45) is 0 Å². The average molecular weight is 375 g/mol. The van der Waals surface area contributed by atoms with Crippen LogP contribution in [0.3, 0.4) is 0 Å². The van der Waals surface area contributed by atoms with Gasteiger partial charge in [0, 0.05) is 52.1 Å². The highest BCUT2D eigenvalue weighted by atomic mass is 16.5. The molecule has 26 heavy (non-hydrogen) atoms. The summed E-state index contributed by atoms with van der Waals surface area (Å²) < 4.78 is 21.5. The monoisotopic (exact) mass is 374 g/mol. The van der Waals surface area contributed by atoms with Crippen LogP contribution in [0.15, 0.2) is 24.0 Å². The molecule has 0 saturated heterocycles. The molecule has 0 radical (unpaired) electrons. The summed E-state index contributed by atoms with van der Waals surface area (Å²) in [6, 6.07) is 0. The number of ether oxygens (including phenoxy) is 4. The molecule has 0 bridgehead atoms. The Morgan fingerprint density at radius 3 is 1.35 bits per heavy atom. The van der Waals surface area contributed by atoms with Crippen molar-refractivity contribution in [1.82, 2.24) is 0 Å². The minimum absolute atomic E-state index is 0.271. The summed E-state index contributed by atoms with van der Waals surface area (Å²) in [5.41, 5.74) is 0. The van der Waals surface area contributed by atoms with E-state index in [0.717, 1.165) is 51.7 Å².